The molecule has 1 aromatic heterocycles. The van der Waals surface area contributed by atoms with Gasteiger partial charge in [0.05, 0.1) is 5.69 Å². The third-order valence-corrected chi connectivity index (χ3v) is 5.26. The average Bonchev–Trinajstić information content (AvgIpc) is 2.72. The minimum absolute atomic E-state index is 0.213. The van der Waals surface area contributed by atoms with E-state index in [9.17, 15) is 9.59 Å². The number of piperidine rings is 1. The van der Waals surface area contributed by atoms with Gasteiger partial charge in [0.2, 0.25) is 0 Å². The fourth-order valence-corrected chi connectivity index (χ4v) is 3.59. The summed E-state index contributed by atoms with van der Waals surface area (Å²) in [7, 11) is 0. The predicted molar refractivity (Wildman–Crippen MR) is 111 cm³/mol. The molecule has 0 atom stereocenters. The van der Waals surface area contributed by atoms with Gasteiger partial charge in [0.1, 0.15) is 11.5 Å². The maximum atomic E-state index is 12.5. The number of aromatic nitrogens is 1. The lowest BCUT2D eigenvalue weighted by molar-refractivity contribution is 0.0844. The fraction of sp³-hybridized carbons (Fsp3) is 0.273. The number of nitrogens with zero attached hydrogens (tertiary/aromatic N) is 3. The summed E-state index contributed by atoms with van der Waals surface area (Å²) in [6.07, 6.45) is 3.45. The summed E-state index contributed by atoms with van der Waals surface area (Å²) >= 11 is 0. The Labute approximate surface area is 169 Å². The molecule has 2 aliphatic rings. The molecule has 0 aliphatic carbocycles. The third kappa shape index (κ3) is 3.76. The van der Waals surface area contributed by atoms with Crippen molar-refractivity contribution in [1.29, 1.82) is 0 Å². The quantitative estimate of drug-likeness (QED) is 0.772. The fourth-order valence-electron chi connectivity index (χ4n) is 3.59. The van der Waals surface area contributed by atoms with Crippen molar-refractivity contribution in [3.63, 3.8) is 0 Å². The molecule has 7 nitrogen and oxygen atoms in total. The summed E-state index contributed by atoms with van der Waals surface area (Å²) in [6, 6.07) is 10.3. The molecule has 2 aliphatic heterocycles. The van der Waals surface area contributed by atoms with E-state index < -0.39 is 11.8 Å². The molecule has 1 saturated heterocycles. The summed E-state index contributed by atoms with van der Waals surface area (Å²) in [6.45, 7) is 9.63. The molecule has 7 heteroatoms. The van der Waals surface area contributed by atoms with Crippen molar-refractivity contribution < 1.29 is 9.59 Å². The summed E-state index contributed by atoms with van der Waals surface area (Å²) in [5, 5.41) is 0. The summed E-state index contributed by atoms with van der Waals surface area (Å²) < 4.78 is 0. The van der Waals surface area contributed by atoms with Gasteiger partial charge in [-0.25, -0.2) is 4.99 Å². The van der Waals surface area contributed by atoms with Crippen molar-refractivity contribution in [1.82, 2.24) is 20.7 Å². The number of amides is 2. The number of nitrogens with one attached hydrogen (secondary N) is 2. The van der Waals surface area contributed by atoms with Crippen molar-refractivity contribution in [2.75, 3.05) is 6.54 Å². The van der Waals surface area contributed by atoms with E-state index in [1.165, 1.54) is 6.20 Å². The van der Waals surface area contributed by atoms with Gasteiger partial charge in [-0.1, -0.05) is 26.5 Å². The van der Waals surface area contributed by atoms with E-state index >= 15 is 0 Å². The molecule has 2 amide bonds. The Morgan fingerprint density at radius 1 is 1.14 bits per heavy atom. The first-order valence-corrected chi connectivity index (χ1v) is 9.54. The molecule has 2 N–H and O–H groups in total. The topological polar surface area (TPSA) is 86.7 Å². The van der Waals surface area contributed by atoms with Crippen LogP contribution in [0.25, 0.3) is 5.70 Å². The lowest BCUT2D eigenvalue weighted by Crippen LogP contribution is -2.43. The van der Waals surface area contributed by atoms with Crippen LogP contribution in [0, 0.1) is 5.41 Å². The van der Waals surface area contributed by atoms with Crippen molar-refractivity contribution in [2.45, 2.75) is 26.7 Å². The van der Waals surface area contributed by atoms with E-state index in [4.69, 9.17) is 4.99 Å². The van der Waals surface area contributed by atoms with Crippen LogP contribution in [0.4, 0.5) is 5.69 Å². The van der Waals surface area contributed by atoms with Crippen molar-refractivity contribution in [3.05, 3.63) is 66.0 Å². The first kappa shape index (κ1) is 18.9. The van der Waals surface area contributed by atoms with E-state index in [1.807, 2.05) is 6.07 Å². The van der Waals surface area contributed by atoms with E-state index in [0.29, 0.717) is 5.56 Å². The van der Waals surface area contributed by atoms with Crippen LogP contribution < -0.4 is 10.9 Å². The van der Waals surface area contributed by atoms with Gasteiger partial charge in [0.25, 0.3) is 11.8 Å². The van der Waals surface area contributed by atoms with Crippen LogP contribution in [0.15, 0.2) is 54.2 Å². The molecule has 0 unspecified atom stereocenters. The maximum Gasteiger partial charge on any atom is 0.288 e. The van der Waals surface area contributed by atoms with Gasteiger partial charge in [-0.2, -0.15) is 0 Å². The highest BCUT2D eigenvalue weighted by molar-refractivity contribution is 6.02. The molecular formula is C22H23N5O2. The minimum Gasteiger partial charge on any atom is -0.329 e. The SMILES string of the molecule is C=C1c2ccc(C(=O)NNC(=O)c3ccccn3)cc2N=C2CCC(C)(C)CN12. The van der Waals surface area contributed by atoms with E-state index in [1.54, 1.807) is 30.3 Å². The molecule has 29 heavy (non-hydrogen) atoms. The van der Waals surface area contributed by atoms with E-state index in [-0.39, 0.29) is 11.1 Å². The van der Waals surface area contributed by atoms with Crippen LogP contribution in [0.1, 0.15) is 53.1 Å². The number of pyridine rings is 1. The minimum atomic E-state index is -0.481. The number of fused-ring (bicyclic) bond motifs is 2. The Hall–Kier alpha value is -3.48. The third-order valence-electron chi connectivity index (χ3n) is 5.26. The lowest BCUT2D eigenvalue weighted by atomic mass is 9.82. The molecule has 1 aromatic carbocycles. The van der Waals surface area contributed by atoms with Gasteiger partial charge < -0.3 is 4.90 Å². The van der Waals surface area contributed by atoms with E-state index in [0.717, 1.165) is 42.2 Å². The number of hydrogen-bond donors (Lipinski definition) is 2. The highest BCUT2D eigenvalue weighted by Gasteiger charge is 2.34. The van der Waals surface area contributed by atoms with Crippen LogP contribution in [0.5, 0.6) is 0 Å². The lowest BCUT2D eigenvalue weighted by Gasteiger charge is -2.43. The highest BCUT2D eigenvalue weighted by Crippen LogP contribution is 2.40. The maximum absolute atomic E-state index is 12.5. The largest absolute Gasteiger partial charge is 0.329 e. The first-order valence-electron chi connectivity index (χ1n) is 9.54. The zero-order chi connectivity index (χ0) is 20.6. The number of rotatable bonds is 2. The van der Waals surface area contributed by atoms with Crippen LogP contribution in [-0.2, 0) is 0 Å². The molecule has 0 saturated carbocycles. The van der Waals surface area contributed by atoms with Crippen LogP contribution in [-0.4, -0.2) is 34.1 Å². The second-order valence-electron chi connectivity index (χ2n) is 8.08. The molecule has 0 radical (unpaired) electrons. The molecule has 0 spiro atoms. The summed E-state index contributed by atoms with van der Waals surface area (Å²) in [4.78, 5) is 35.4. The first-order chi connectivity index (χ1) is 13.8. The molecule has 4 rings (SSSR count). The number of benzene rings is 1. The summed E-state index contributed by atoms with van der Waals surface area (Å²) in [5.74, 6) is 0.0870. The van der Waals surface area contributed by atoms with Gasteiger partial charge in [-0.15, -0.1) is 0 Å². The van der Waals surface area contributed by atoms with Crippen molar-refractivity contribution in [2.24, 2.45) is 10.4 Å². The Balaban J connectivity index is 1.50. The number of carbonyl (C=O) groups is 2. The number of carbonyl (C=O) groups excluding carboxylic acids is 2. The zero-order valence-corrected chi connectivity index (χ0v) is 16.5. The standard InChI is InChI=1S/C22H23N5O2/c1-14-16-8-7-15(20(28)25-26-21(29)17-6-4-5-11-23-17)12-18(16)24-19-9-10-22(2,3)13-27(14)19/h4-8,11-12H,1,9-10,13H2,2-3H3,(H,25,28)(H,26,29). The Bertz CT molecular complexity index is 1030. The molecule has 2 aromatic rings. The van der Waals surface area contributed by atoms with Gasteiger partial charge in [0.15, 0.2) is 0 Å². The van der Waals surface area contributed by atoms with Gasteiger partial charge in [-0.05, 0) is 42.2 Å². The summed E-state index contributed by atoms with van der Waals surface area (Å²) in [5.41, 5.74) is 8.20. The Morgan fingerprint density at radius 2 is 1.93 bits per heavy atom. The average molecular weight is 389 g/mol. The van der Waals surface area contributed by atoms with Crippen LogP contribution in [0.3, 0.4) is 0 Å². The number of amidine groups is 1. The molecular weight excluding hydrogens is 366 g/mol. The second-order valence-corrected chi connectivity index (χ2v) is 8.08. The Morgan fingerprint density at radius 3 is 2.69 bits per heavy atom. The highest BCUT2D eigenvalue weighted by atomic mass is 16.2. The number of hydrazine groups is 1. The van der Waals surface area contributed by atoms with Crippen molar-refractivity contribution in [3.8, 4) is 0 Å². The molecule has 3 heterocycles. The van der Waals surface area contributed by atoms with Gasteiger partial charge in [0, 0.05) is 36.0 Å². The van der Waals surface area contributed by atoms with E-state index in [2.05, 4.69) is 41.2 Å². The van der Waals surface area contributed by atoms with Gasteiger partial charge >= 0.3 is 0 Å². The zero-order valence-electron chi connectivity index (χ0n) is 16.5. The van der Waals surface area contributed by atoms with Crippen molar-refractivity contribution >= 4 is 29.0 Å². The molecule has 148 valence electrons. The smallest absolute Gasteiger partial charge is 0.288 e. The normalized spacial score (nSPS) is 17.0. The van der Waals surface area contributed by atoms with Gasteiger partial charge in [-0.3, -0.25) is 25.4 Å². The number of aliphatic imine (C=N–C) groups is 1. The molecule has 1 fully saturated rings. The Kier molecular flexibility index (Phi) is 4.66. The van der Waals surface area contributed by atoms with Crippen LogP contribution in [0.2, 0.25) is 0 Å². The van der Waals surface area contributed by atoms with Crippen LogP contribution >= 0.6 is 0 Å². The number of hydrogen-bond acceptors (Lipinski definition) is 5. The predicted octanol–water partition coefficient (Wildman–Crippen LogP) is 3.29. The molecule has 0 bridgehead atoms. The monoisotopic (exact) mass is 389 g/mol. The second kappa shape index (κ2) is 7.16.